The largest absolute Gasteiger partial charge is 0.480 e. The number of thiophene rings is 1. The van der Waals surface area contributed by atoms with Crippen molar-refractivity contribution in [3.05, 3.63) is 81.5 Å². The molecule has 0 spiro atoms. The van der Waals surface area contributed by atoms with Crippen LogP contribution in [0.15, 0.2) is 60.0 Å². The first-order valence-corrected chi connectivity index (χ1v) is 10.3. The van der Waals surface area contributed by atoms with Crippen LogP contribution in [0.4, 0.5) is 4.79 Å². The summed E-state index contributed by atoms with van der Waals surface area (Å²) in [5.74, 6) is -1.29. The number of hydrogen-bond donors (Lipinski definition) is 2. The summed E-state index contributed by atoms with van der Waals surface area (Å²) in [5, 5.41) is 22.7. The van der Waals surface area contributed by atoms with Crippen molar-refractivity contribution in [1.82, 2.24) is 5.32 Å². The van der Waals surface area contributed by atoms with Crippen LogP contribution in [0.5, 0.6) is 0 Å². The molecule has 1 amide bonds. The van der Waals surface area contributed by atoms with Gasteiger partial charge in [0.15, 0.2) is 0 Å². The maximum absolute atomic E-state index is 12.4. The number of alkyl carbamates (subject to hydrolysis) is 1. The van der Waals surface area contributed by atoms with Crippen LogP contribution in [0.2, 0.25) is 0 Å². The van der Waals surface area contributed by atoms with E-state index < -0.39 is 18.1 Å². The van der Waals surface area contributed by atoms with Gasteiger partial charge >= 0.3 is 12.1 Å². The number of amides is 1. The average Bonchev–Trinajstić information content (AvgIpc) is 3.33. The molecule has 1 unspecified atom stereocenters. The fourth-order valence-corrected chi connectivity index (χ4v) is 4.52. The van der Waals surface area contributed by atoms with Crippen molar-refractivity contribution in [1.29, 1.82) is 5.26 Å². The second-order valence-corrected chi connectivity index (χ2v) is 7.87. The summed E-state index contributed by atoms with van der Waals surface area (Å²) >= 11 is 1.24. The SMILES string of the molecule is N#Cc1sccc1CC(NC(=O)OCC1c2ccccc2-c2ccccc21)C(=O)O. The number of hydrogen-bond acceptors (Lipinski definition) is 5. The molecule has 2 N–H and O–H groups in total. The summed E-state index contributed by atoms with van der Waals surface area (Å²) in [6.07, 6.45) is -0.774. The van der Waals surface area contributed by atoms with Crippen molar-refractivity contribution in [2.24, 2.45) is 0 Å². The predicted molar refractivity (Wildman–Crippen MR) is 112 cm³/mol. The molecule has 0 radical (unpaired) electrons. The van der Waals surface area contributed by atoms with Crippen LogP contribution in [-0.4, -0.2) is 29.8 Å². The highest BCUT2D eigenvalue weighted by atomic mass is 32.1. The average molecular weight is 418 g/mol. The molecule has 6 nitrogen and oxygen atoms in total. The van der Waals surface area contributed by atoms with E-state index in [1.54, 1.807) is 11.4 Å². The fraction of sp³-hybridized carbons (Fsp3) is 0.174. The van der Waals surface area contributed by atoms with Gasteiger partial charge in [-0.1, -0.05) is 48.5 Å². The molecule has 4 rings (SSSR count). The van der Waals surface area contributed by atoms with Crippen molar-refractivity contribution in [2.45, 2.75) is 18.4 Å². The number of carboxylic acid groups (broad SMARTS) is 1. The van der Waals surface area contributed by atoms with E-state index in [4.69, 9.17) is 10.00 Å². The maximum Gasteiger partial charge on any atom is 0.407 e. The number of carbonyl (C=O) groups excluding carboxylic acids is 1. The van der Waals surface area contributed by atoms with Gasteiger partial charge in [-0.25, -0.2) is 9.59 Å². The summed E-state index contributed by atoms with van der Waals surface area (Å²) in [6, 6.07) is 18.5. The lowest BCUT2D eigenvalue weighted by Crippen LogP contribution is -2.43. The zero-order valence-corrected chi connectivity index (χ0v) is 16.7. The lowest BCUT2D eigenvalue weighted by atomic mass is 9.98. The van der Waals surface area contributed by atoms with Crippen LogP contribution >= 0.6 is 11.3 Å². The summed E-state index contributed by atoms with van der Waals surface area (Å²) in [6.45, 7) is 0.105. The van der Waals surface area contributed by atoms with Gasteiger partial charge in [0.2, 0.25) is 0 Å². The van der Waals surface area contributed by atoms with Gasteiger partial charge < -0.3 is 15.2 Å². The summed E-state index contributed by atoms with van der Waals surface area (Å²) in [5.41, 5.74) is 4.99. The molecule has 30 heavy (non-hydrogen) atoms. The number of nitrogens with zero attached hydrogens (tertiary/aromatic N) is 1. The summed E-state index contributed by atoms with van der Waals surface area (Å²) in [7, 11) is 0. The predicted octanol–water partition coefficient (Wildman–Crippen LogP) is 4.15. The Kier molecular flexibility index (Phi) is 5.50. The zero-order valence-electron chi connectivity index (χ0n) is 15.9. The van der Waals surface area contributed by atoms with Gasteiger partial charge in [-0.05, 0) is 39.3 Å². The maximum atomic E-state index is 12.4. The highest BCUT2D eigenvalue weighted by Crippen LogP contribution is 2.44. The van der Waals surface area contributed by atoms with E-state index in [-0.39, 0.29) is 18.9 Å². The smallest absolute Gasteiger partial charge is 0.407 e. The van der Waals surface area contributed by atoms with Crippen molar-refractivity contribution in [2.75, 3.05) is 6.61 Å². The van der Waals surface area contributed by atoms with Gasteiger partial charge in [0, 0.05) is 12.3 Å². The van der Waals surface area contributed by atoms with E-state index >= 15 is 0 Å². The van der Waals surface area contributed by atoms with Crippen molar-refractivity contribution >= 4 is 23.4 Å². The van der Waals surface area contributed by atoms with Crippen molar-refractivity contribution in [3.8, 4) is 17.2 Å². The van der Waals surface area contributed by atoms with Crippen LogP contribution in [0, 0.1) is 11.3 Å². The third kappa shape index (κ3) is 3.78. The number of fused-ring (bicyclic) bond motifs is 3. The zero-order chi connectivity index (χ0) is 21.1. The second kappa shape index (κ2) is 8.39. The molecule has 0 saturated carbocycles. The van der Waals surface area contributed by atoms with Gasteiger partial charge in [-0.2, -0.15) is 5.26 Å². The number of nitriles is 1. The Hall–Kier alpha value is -3.63. The molecule has 0 aliphatic heterocycles. The highest BCUT2D eigenvalue weighted by molar-refractivity contribution is 7.10. The Morgan fingerprint density at radius 1 is 1.10 bits per heavy atom. The molecule has 1 heterocycles. The Bertz CT molecular complexity index is 1100. The minimum atomic E-state index is -1.18. The van der Waals surface area contributed by atoms with Gasteiger partial charge in [-0.15, -0.1) is 11.3 Å². The number of rotatable bonds is 6. The molecule has 1 atom stereocenters. The standard InChI is InChI=1S/C23H18N2O4S/c24-12-21-14(9-10-30-21)11-20(22(26)27)25-23(28)29-13-19-17-7-3-1-5-15(17)16-6-2-4-8-18(16)19/h1-10,19-20H,11,13H2,(H,25,28)(H,26,27). The summed E-state index contributed by atoms with van der Waals surface area (Å²) < 4.78 is 5.42. The Labute approximate surface area is 177 Å². The Morgan fingerprint density at radius 3 is 2.33 bits per heavy atom. The molecular weight excluding hydrogens is 400 g/mol. The summed E-state index contributed by atoms with van der Waals surface area (Å²) in [4.78, 5) is 24.4. The normalized spacial score (nSPS) is 13.0. The van der Waals surface area contributed by atoms with Gasteiger partial charge in [-0.3, -0.25) is 0 Å². The molecule has 0 bridgehead atoms. The molecule has 0 fully saturated rings. The van der Waals surface area contributed by atoms with Gasteiger partial charge in [0.05, 0.1) is 0 Å². The molecule has 3 aromatic rings. The third-order valence-electron chi connectivity index (χ3n) is 5.21. The fourth-order valence-electron chi connectivity index (χ4n) is 3.80. The Balaban J connectivity index is 1.44. The van der Waals surface area contributed by atoms with E-state index in [1.807, 2.05) is 54.6 Å². The molecule has 0 saturated heterocycles. The van der Waals surface area contributed by atoms with E-state index in [2.05, 4.69) is 5.32 Å². The molecule has 7 heteroatoms. The quantitative estimate of drug-likeness (QED) is 0.626. The van der Waals surface area contributed by atoms with Gasteiger partial charge in [0.1, 0.15) is 23.6 Å². The molecule has 1 aliphatic carbocycles. The minimum Gasteiger partial charge on any atom is -0.480 e. The number of aliphatic carboxylic acids is 1. The van der Waals surface area contributed by atoms with Crippen molar-refractivity contribution < 1.29 is 19.4 Å². The number of carbonyl (C=O) groups is 2. The highest BCUT2D eigenvalue weighted by Gasteiger charge is 2.30. The molecule has 1 aromatic heterocycles. The monoisotopic (exact) mass is 418 g/mol. The number of carboxylic acids is 1. The minimum absolute atomic E-state index is 0.0198. The second-order valence-electron chi connectivity index (χ2n) is 6.95. The van der Waals surface area contributed by atoms with E-state index in [0.717, 1.165) is 22.3 Å². The first-order chi connectivity index (χ1) is 14.6. The van der Waals surface area contributed by atoms with Crippen LogP contribution in [0.3, 0.4) is 0 Å². The van der Waals surface area contributed by atoms with Crippen LogP contribution in [0.25, 0.3) is 11.1 Å². The lowest BCUT2D eigenvalue weighted by molar-refractivity contribution is -0.139. The van der Waals surface area contributed by atoms with Crippen LogP contribution < -0.4 is 5.32 Å². The molecule has 2 aromatic carbocycles. The third-order valence-corrected chi connectivity index (χ3v) is 6.07. The topological polar surface area (TPSA) is 99.4 Å². The first kappa shape index (κ1) is 19.7. The van der Waals surface area contributed by atoms with E-state index in [1.165, 1.54) is 11.3 Å². The lowest BCUT2D eigenvalue weighted by Gasteiger charge is -2.17. The van der Waals surface area contributed by atoms with Gasteiger partial charge in [0.25, 0.3) is 0 Å². The number of benzene rings is 2. The number of nitrogens with one attached hydrogen (secondary N) is 1. The Morgan fingerprint density at radius 2 is 1.73 bits per heavy atom. The first-order valence-electron chi connectivity index (χ1n) is 9.39. The van der Waals surface area contributed by atoms with Crippen molar-refractivity contribution in [3.63, 3.8) is 0 Å². The molecular formula is C23H18N2O4S. The van der Waals surface area contributed by atoms with Crippen LogP contribution in [0.1, 0.15) is 27.5 Å². The molecule has 150 valence electrons. The van der Waals surface area contributed by atoms with E-state index in [9.17, 15) is 14.7 Å². The number of ether oxygens (including phenoxy) is 1. The van der Waals surface area contributed by atoms with E-state index in [0.29, 0.717) is 10.4 Å². The van der Waals surface area contributed by atoms with Crippen LogP contribution in [-0.2, 0) is 16.0 Å². The molecule has 1 aliphatic rings.